The lowest BCUT2D eigenvalue weighted by Crippen LogP contribution is -2.28. The number of rotatable bonds is 4. The molecule has 2 N–H and O–H groups in total. The van der Waals surface area contributed by atoms with Crippen LogP contribution in [-0.4, -0.2) is 29.3 Å². The summed E-state index contributed by atoms with van der Waals surface area (Å²) >= 11 is 0. The number of nitrogens with one attached hydrogen (secondary N) is 1. The highest BCUT2D eigenvalue weighted by Crippen LogP contribution is 2.31. The largest absolute Gasteiger partial charge is 0.496 e. The van der Waals surface area contributed by atoms with Crippen molar-refractivity contribution in [3.63, 3.8) is 0 Å². The topological polar surface area (TPSA) is 84.6 Å². The molecule has 1 aromatic rings. The zero-order valence-electron chi connectivity index (χ0n) is 10.8. The smallest absolute Gasteiger partial charge is 0.296 e. The molecule has 0 radical (unpaired) electrons. The number of methoxy groups -OCH3 is 1. The lowest BCUT2D eigenvalue weighted by atomic mass is 9.93. The van der Waals surface area contributed by atoms with Crippen LogP contribution in [0, 0.1) is 10.1 Å². The molecule has 0 unspecified atom stereocenters. The third-order valence-electron chi connectivity index (χ3n) is 3.46. The number of hydrogen-bond donors (Lipinski definition) is 2. The number of nitro benzene ring substituents is 1. The van der Waals surface area contributed by atoms with E-state index in [0.717, 1.165) is 25.7 Å². The second kappa shape index (κ2) is 5.88. The van der Waals surface area contributed by atoms with Gasteiger partial charge in [0.1, 0.15) is 11.4 Å². The lowest BCUT2D eigenvalue weighted by molar-refractivity contribution is -0.384. The van der Waals surface area contributed by atoms with Crippen molar-refractivity contribution in [1.82, 2.24) is 0 Å². The summed E-state index contributed by atoms with van der Waals surface area (Å²) in [6, 6.07) is 4.96. The fourth-order valence-corrected chi connectivity index (χ4v) is 2.35. The molecule has 0 amide bonds. The molecular formula is C13H18N2O4. The number of anilines is 1. The monoisotopic (exact) mass is 266 g/mol. The molecule has 1 saturated carbocycles. The number of benzene rings is 1. The van der Waals surface area contributed by atoms with Gasteiger partial charge in [0.15, 0.2) is 0 Å². The van der Waals surface area contributed by atoms with Crippen LogP contribution in [0.3, 0.4) is 0 Å². The van der Waals surface area contributed by atoms with Gasteiger partial charge in [0, 0.05) is 6.04 Å². The van der Waals surface area contributed by atoms with Gasteiger partial charge in [0.05, 0.1) is 24.2 Å². The molecule has 0 spiro atoms. The highest BCUT2D eigenvalue weighted by molar-refractivity contribution is 5.64. The summed E-state index contributed by atoms with van der Waals surface area (Å²) in [6.45, 7) is 0. The number of nitrogens with zero attached hydrogens (tertiary/aromatic N) is 1. The van der Waals surface area contributed by atoms with E-state index in [9.17, 15) is 15.2 Å². The SMILES string of the molecule is COc1ccc(NC2CCC(O)CC2)c([N+](=O)[O-])c1. The van der Waals surface area contributed by atoms with E-state index >= 15 is 0 Å². The Hall–Kier alpha value is -1.82. The van der Waals surface area contributed by atoms with Crippen LogP contribution in [0.5, 0.6) is 5.75 Å². The van der Waals surface area contributed by atoms with E-state index in [0.29, 0.717) is 11.4 Å². The second-order valence-corrected chi connectivity index (χ2v) is 4.79. The Bertz CT molecular complexity index is 456. The second-order valence-electron chi connectivity index (χ2n) is 4.79. The fourth-order valence-electron chi connectivity index (χ4n) is 2.35. The average molecular weight is 266 g/mol. The van der Waals surface area contributed by atoms with Crippen LogP contribution in [0.15, 0.2) is 18.2 Å². The van der Waals surface area contributed by atoms with Crippen LogP contribution in [0.2, 0.25) is 0 Å². The van der Waals surface area contributed by atoms with Crippen molar-refractivity contribution in [3.8, 4) is 5.75 Å². The van der Waals surface area contributed by atoms with Gasteiger partial charge in [0.2, 0.25) is 0 Å². The molecule has 0 aliphatic heterocycles. The third-order valence-corrected chi connectivity index (χ3v) is 3.46. The molecule has 19 heavy (non-hydrogen) atoms. The standard InChI is InChI=1S/C13H18N2O4/c1-19-11-6-7-12(13(8-11)15(17)18)14-9-2-4-10(16)5-3-9/h6-10,14,16H,2-5H2,1H3. The molecule has 0 atom stereocenters. The summed E-state index contributed by atoms with van der Waals surface area (Å²) in [5.41, 5.74) is 0.526. The Balaban J connectivity index is 2.13. The van der Waals surface area contributed by atoms with Gasteiger partial charge in [-0.05, 0) is 37.8 Å². The predicted molar refractivity (Wildman–Crippen MR) is 71.5 cm³/mol. The van der Waals surface area contributed by atoms with E-state index in [1.807, 2.05) is 0 Å². The summed E-state index contributed by atoms with van der Waals surface area (Å²) in [5.74, 6) is 0.469. The Morgan fingerprint density at radius 1 is 1.37 bits per heavy atom. The van der Waals surface area contributed by atoms with Crippen LogP contribution in [0.4, 0.5) is 11.4 Å². The first-order chi connectivity index (χ1) is 9.10. The molecule has 1 aliphatic rings. The van der Waals surface area contributed by atoms with Crippen molar-refractivity contribution in [2.45, 2.75) is 37.8 Å². The summed E-state index contributed by atoms with van der Waals surface area (Å²) in [6.07, 6.45) is 2.89. The first-order valence-corrected chi connectivity index (χ1v) is 6.37. The van der Waals surface area contributed by atoms with Crippen molar-refractivity contribution in [2.75, 3.05) is 12.4 Å². The lowest BCUT2D eigenvalue weighted by Gasteiger charge is -2.26. The Labute approximate surface area is 111 Å². The van der Waals surface area contributed by atoms with Gasteiger partial charge in [-0.2, -0.15) is 0 Å². The molecule has 6 nitrogen and oxygen atoms in total. The first-order valence-electron chi connectivity index (χ1n) is 6.37. The van der Waals surface area contributed by atoms with Crippen molar-refractivity contribution in [1.29, 1.82) is 0 Å². The summed E-state index contributed by atoms with van der Waals surface area (Å²) in [7, 11) is 1.48. The third kappa shape index (κ3) is 3.35. The molecule has 1 aromatic carbocycles. The maximum absolute atomic E-state index is 11.1. The van der Waals surface area contributed by atoms with E-state index in [1.165, 1.54) is 13.2 Å². The van der Waals surface area contributed by atoms with E-state index < -0.39 is 4.92 Å². The van der Waals surface area contributed by atoms with Gasteiger partial charge in [-0.3, -0.25) is 10.1 Å². The van der Waals surface area contributed by atoms with Gasteiger partial charge >= 0.3 is 0 Å². The number of aliphatic hydroxyl groups excluding tert-OH is 1. The number of ether oxygens (including phenoxy) is 1. The molecule has 1 aliphatic carbocycles. The van der Waals surface area contributed by atoms with Crippen molar-refractivity contribution in [3.05, 3.63) is 28.3 Å². The summed E-state index contributed by atoms with van der Waals surface area (Å²) < 4.78 is 5.00. The van der Waals surface area contributed by atoms with Gasteiger partial charge in [0.25, 0.3) is 5.69 Å². The molecule has 0 saturated heterocycles. The van der Waals surface area contributed by atoms with Crippen LogP contribution >= 0.6 is 0 Å². The van der Waals surface area contributed by atoms with Gasteiger partial charge in [-0.1, -0.05) is 0 Å². The molecular weight excluding hydrogens is 248 g/mol. The molecule has 0 heterocycles. The fraction of sp³-hybridized carbons (Fsp3) is 0.538. The van der Waals surface area contributed by atoms with E-state index in [1.54, 1.807) is 12.1 Å². The highest BCUT2D eigenvalue weighted by atomic mass is 16.6. The maximum atomic E-state index is 11.1. The summed E-state index contributed by atoms with van der Waals surface area (Å²) in [4.78, 5) is 10.6. The average Bonchev–Trinajstić information content (AvgIpc) is 2.41. The van der Waals surface area contributed by atoms with Crippen molar-refractivity contribution >= 4 is 11.4 Å². The maximum Gasteiger partial charge on any atom is 0.296 e. The van der Waals surface area contributed by atoms with Crippen LogP contribution in [0.1, 0.15) is 25.7 Å². The van der Waals surface area contributed by atoms with Gasteiger partial charge in [-0.15, -0.1) is 0 Å². The van der Waals surface area contributed by atoms with E-state index in [4.69, 9.17) is 4.74 Å². The number of nitro groups is 1. The Morgan fingerprint density at radius 3 is 2.63 bits per heavy atom. The molecule has 0 bridgehead atoms. The van der Waals surface area contributed by atoms with Gasteiger partial charge in [-0.25, -0.2) is 0 Å². The van der Waals surface area contributed by atoms with Crippen molar-refractivity contribution < 1.29 is 14.8 Å². The minimum Gasteiger partial charge on any atom is -0.496 e. The minimum absolute atomic E-state index is 0.0190. The quantitative estimate of drug-likeness (QED) is 0.645. The van der Waals surface area contributed by atoms with Crippen LogP contribution < -0.4 is 10.1 Å². The number of hydrogen-bond acceptors (Lipinski definition) is 5. The first kappa shape index (κ1) is 13.6. The minimum atomic E-state index is -0.414. The Morgan fingerprint density at radius 2 is 2.05 bits per heavy atom. The van der Waals surface area contributed by atoms with Crippen molar-refractivity contribution in [2.24, 2.45) is 0 Å². The Kier molecular flexibility index (Phi) is 4.21. The van der Waals surface area contributed by atoms with E-state index in [2.05, 4.69) is 5.32 Å². The highest BCUT2D eigenvalue weighted by Gasteiger charge is 2.22. The van der Waals surface area contributed by atoms with Crippen LogP contribution in [0.25, 0.3) is 0 Å². The normalized spacial score (nSPS) is 22.8. The van der Waals surface area contributed by atoms with E-state index in [-0.39, 0.29) is 17.8 Å². The van der Waals surface area contributed by atoms with Crippen LogP contribution in [-0.2, 0) is 0 Å². The predicted octanol–water partition coefficient (Wildman–Crippen LogP) is 2.32. The molecule has 6 heteroatoms. The molecule has 1 fully saturated rings. The number of aliphatic hydroxyl groups is 1. The van der Waals surface area contributed by atoms with Gasteiger partial charge < -0.3 is 15.2 Å². The summed E-state index contributed by atoms with van der Waals surface area (Å²) in [5, 5.41) is 23.7. The molecule has 104 valence electrons. The zero-order valence-corrected chi connectivity index (χ0v) is 10.8. The zero-order chi connectivity index (χ0) is 13.8. The molecule has 0 aromatic heterocycles. The molecule has 2 rings (SSSR count).